The van der Waals surface area contributed by atoms with Crippen LogP contribution in [0.2, 0.25) is 0 Å². The number of fused-ring (bicyclic) bond motifs is 1. The molecule has 160 valence electrons. The van der Waals surface area contributed by atoms with E-state index in [1.165, 1.54) is 17.4 Å². The second-order valence-corrected chi connectivity index (χ2v) is 8.44. The Morgan fingerprint density at radius 1 is 1.26 bits per heavy atom. The molecule has 0 saturated carbocycles. The highest BCUT2D eigenvalue weighted by Gasteiger charge is 2.21. The van der Waals surface area contributed by atoms with Crippen molar-refractivity contribution >= 4 is 27.5 Å². The van der Waals surface area contributed by atoms with E-state index in [-0.39, 0.29) is 17.9 Å². The van der Waals surface area contributed by atoms with Crippen LogP contribution in [-0.4, -0.2) is 27.7 Å². The molecule has 8 heteroatoms. The third-order valence-corrected chi connectivity index (χ3v) is 6.25. The van der Waals surface area contributed by atoms with Crippen LogP contribution in [-0.2, 0) is 13.0 Å². The number of aromatic carboxylic acids is 1. The van der Waals surface area contributed by atoms with E-state index in [0.717, 1.165) is 27.3 Å². The summed E-state index contributed by atoms with van der Waals surface area (Å²) in [6.07, 6.45) is 0.561. The maximum absolute atomic E-state index is 13.6. The van der Waals surface area contributed by atoms with Crippen molar-refractivity contribution < 1.29 is 19.1 Å². The zero-order valence-electron chi connectivity index (χ0n) is 17.7. The van der Waals surface area contributed by atoms with E-state index < -0.39 is 5.97 Å². The van der Waals surface area contributed by atoms with Crippen molar-refractivity contribution in [1.29, 1.82) is 0 Å². The Morgan fingerprint density at radius 2 is 2.03 bits per heavy atom. The standard InChI is InChI=1S/C23H22N2O5S/c1-5-18-24-21-20(22(26)25(18)11-15-7-9-17(30-15)23(27)28)19(13(3)31-21)14-6-8-16(29-4)12(2)10-14/h6-10H,5,11H2,1-4H3,(H,27,28). The van der Waals surface area contributed by atoms with E-state index >= 15 is 0 Å². The number of rotatable bonds is 6. The zero-order chi connectivity index (χ0) is 22.3. The maximum Gasteiger partial charge on any atom is 0.371 e. The normalized spacial score (nSPS) is 11.2. The molecule has 0 unspecified atom stereocenters. The monoisotopic (exact) mass is 438 g/mol. The van der Waals surface area contributed by atoms with Crippen LogP contribution >= 0.6 is 11.3 Å². The van der Waals surface area contributed by atoms with Crippen molar-refractivity contribution in [3.05, 3.63) is 68.5 Å². The molecule has 0 atom stereocenters. The number of carboxylic acid groups (broad SMARTS) is 1. The lowest BCUT2D eigenvalue weighted by Crippen LogP contribution is -2.25. The lowest BCUT2D eigenvalue weighted by Gasteiger charge is -2.11. The van der Waals surface area contributed by atoms with Crippen molar-refractivity contribution in [3.63, 3.8) is 0 Å². The molecule has 7 nitrogen and oxygen atoms in total. The van der Waals surface area contributed by atoms with Crippen molar-refractivity contribution in [2.24, 2.45) is 0 Å². The average Bonchev–Trinajstić information content (AvgIpc) is 3.34. The van der Waals surface area contributed by atoms with Gasteiger partial charge in [-0.3, -0.25) is 9.36 Å². The predicted molar refractivity (Wildman–Crippen MR) is 119 cm³/mol. The average molecular weight is 439 g/mol. The SMILES string of the molecule is CCc1nc2sc(C)c(-c3ccc(OC)c(C)c3)c2c(=O)n1Cc1ccc(C(=O)O)o1. The van der Waals surface area contributed by atoms with E-state index in [4.69, 9.17) is 19.2 Å². The summed E-state index contributed by atoms with van der Waals surface area (Å²) in [5.41, 5.74) is 2.62. The minimum absolute atomic E-state index is 0.119. The molecule has 0 aliphatic rings. The lowest BCUT2D eigenvalue weighted by molar-refractivity contribution is 0.0660. The van der Waals surface area contributed by atoms with Gasteiger partial charge in [-0.25, -0.2) is 9.78 Å². The van der Waals surface area contributed by atoms with E-state index in [0.29, 0.717) is 28.2 Å². The minimum Gasteiger partial charge on any atom is -0.496 e. The highest BCUT2D eigenvalue weighted by atomic mass is 32.1. The molecule has 0 bridgehead atoms. The van der Waals surface area contributed by atoms with Crippen LogP contribution in [0.15, 0.2) is 39.5 Å². The van der Waals surface area contributed by atoms with Gasteiger partial charge in [0.15, 0.2) is 0 Å². The quantitative estimate of drug-likeness (QED) is 0.471. The molecule has 4 aromatic rings. The molecule has 0 amide bonds. The molecule has 4 rings (SSSR count). The van der Waals surface area contributed by atoms with E-state index in [9.17, 15) is 9.59 Å². The molecule has 0 spiro atoms. The Bertz CT molecular complexity index is 1360. The van der Waals surface area contributed by atoms with Crippen LogP contribution in [0.3, 0.4) is 0 Å². The summed E-state index contributed by atoms with van der Waals surface area (Å²) in [7, 11) is 1.63. The van der Waals surface area contributed by atoms with Gasteiger partial charge in [-0.15, -0.1) is 11.3 Å². The highest BCUT2D eigenvalue weighted by molar-refractivity contribution is 7.19. The number of aryl methyl sites for hydroxylation is 3. The molecule has 0 aliphatic carbocycles. The number of aromatic nitrogens is 2. The van der Waals surface area contributed by atoms with Gasteiger partial charge >= 0.3 is 5.97 Å². The second kappa shape index (κ2) is 8.03. The Hall–Kier alpha value is -3.39. The van der Waals surface area contributed by atoms with Gasteiger partial charge in [0, 0.05) is 16.9 Å². The van der Waals surface area contributed by atoms with Gasteiger partial charge in [-0.05, 0) is 49.2 Å². The van der Waals surface area contributed by atoms with Crippen LogP contribution in [0.1, 0.15) is 39.5 Å². The van der Waals surface area contributed by atoms with Crippen LogP contribution in [0.5, 0.6) is 5.75 Å². The third-order valence-electron chi connectivity index (χ3n) is 5.25. The fourth-order valence-electron chi connectivity index (χ4n) is 3.79. The van der Waals surface area contributed by atoms with Crippen molar-refractivity contribution in [1.82, 2.24) is 9.55 Å². The van der Waals surface area contributed by atoms with Gasteiger partial charge in [0.2, 0.25) is 5.76 Å². The number of thiophene rings is 1. The predicted octanol–water partition coefficient (Wildman–Crippen LogP) is 4.65. The Kier molecular flexibility index (Phi) is 5.41. The van der Waals surface area contributed by atoms with Gasteiger partial charge in [0.1, 0.15) is 22.2 Å². The summed E-state index contributed by atoms with van der Waals surface area (Å²) in [4.78, 5) is 31.2. The van der Waals surface area contributed by atoms with Crippen molar-refractivity contribution in [2.45, 2.75) is 33.7 Å². The highest BCUT2D eigenvalue weighted by Crippen LogP contribution is 2.37. The summed E-state index contributed by atoms with van der Waals surface area (Å²) >= 11 is 1.50. The number of benzene rings is 1. The van der Waals surface area contributed by atoms with E-state index in [1.54, 1.807) is 17.7 Å². The fraction of sp³-hybridized carbons (Fsp3) is 0.261. The minimum atomic E-state index is -1.14. The van der Waals surface area contributed by atoms with Crippen molar-refractivity contribution in [2.75, 3.05) is 7.11 Å². The first-order chi connectivity index (χ1) is 14.8. The first-order valence-corrected chi connectivity index (χ1v) is 10.7. The first-order valence-electron chi connectivity index (χ1n) is 9.83. The molecular weight excluding hydrogens is 416 g/mol. The summed E-state index contributed by atoms with van der Waals surface area (Å²) in [5, 5.41) is 9.67. The Labute approximate surface area is 182 Å². The number of methoxy groups -OCH3 is 1. The van der Waals surface area contributed by atoms with Gasteiger partial charge in [-0.1, -0.05) is 13.0 Å². The summed E-state index contributed by atoms with van der Waals surface area (Å²) in [5.74, 6) is 0.509. The number of carbonyl (C=O) groups is 1. The number of furan rings is 1. The molecule has 0 fully saturated rings. The molecular formula is C23H22N2O5S. The topological polar surface area (TPSA) is 94.6 Å². The second-order valence-electron chi connectivity index (χ2n) is 7.24. The molecule has 1 N–H and O–H groups in total. The summed E-state index contributed by atoms with van der Waals surface area (Å²) < 4.78 is 12.3. The van der Waals surface area contributed by atoms with Crippen LogP contribution in [0.25, 0.3) is 21.3 Å². The first kappa shape index (κ1) is 20.9. The molecule has 0 radical (unpaired) electrons. The zero-order valence-corrected chi connectivity index (χ0v) is 18.5. The van der Waals surface area contributed by atoms with E-state index in [1.807, 2.05) is 39.0 Å². The largest absolute Gasteiger partial charge is 0.496 e. The van der Waals surface area contributed by atoms with Crippen LogP contribution in [0.4, 0.5) is 0 Å². The molecule has 0 aliphatic heterocycles. The fourth-order valence-corrected chi connectivity index (χ4v) is 4.84. The number of carboxylic acids is 1. The third kappa shape index (κ3) is 3.63. The lowest BCUT2D eigenvalue weighted by atomic mass is 10.0. The van der Waals surface area contributed by atoms with E-state index in [2.05, 4.69) is 0 Å². The van der Waals surface area contributed by atoms with Crippen LogP contribution in [0, 0.1) is 13.8 Å². The van der Waals surface area contributed by atoms with Gasteiger partial charge in [0.25, 0.3) is 5.56 Å². The van der Waals surface area contributed by atoms with Crippen LogP contribution < -0.4 is 10.3 Å². The summed E-state index contributed by atoms with van der Waals surface area (Å²) in [6, 6.07) is 8.82. The smallest absolute Gasteiger partial charge is 0.371 e. The number of hydrogen-bond donors (Lipinski definition) is 1. The number of hydrogen-bond acceptors (Lipinski definition) is 6. The van der Waals surface area contributed by atoms with Gasteiger partial charge in [-0.2, -0.15) is 0 Å². The van der Waals surface area contributed by atoms with Gasteiger partial charge < -0.3 is 14.3 Å². The Balaban J connectivity index is 1.91. The molecule has 3 heterocycles. The Morgan fingerprint density at radius 3 is 2.65 bits per heavy atom. The number of ether oxygens (including phenoxy) is 1. The molecule has 31 heavy (non-hydrogen) atoms. The number of nitrogens with zero attached hydrogens (tertiary/aromatic N) is 2. The summed E-state index contributed by atoms with van der Waals surface area (Å²) in [6.45, 7) is 6.01. The molecule has 1 aromatic carbocycles. The van der Waals surface area contributed by atoms with Gasteiger partial charge in [0.05, 0.1) is 19.0 Å². The maximum atomic E-state index is 13.6. The van der Waals surface area contributed by atoms with Crippen molar-refractivity contribution in [3.8, 4) is 16.9 Å². The molecule has 0 saturated heterocycles. The molecule has 3 aromatic heterocycles.